The Bertz CT molecular complexity index is 302. The molecule has 1 unspecified atom stereocenters. The first-order valence-electron chi connectivity index (χ1n) is 6.24. The van der Waals surface area contributed by atoms with Crippen LogP contribution in [0.3, 0.4) is 0 Å². The lowest BCUT2D eigenvalue weighted by Gasteiger charge is -2.37. The molecule has 1 saturated carbocycles. The Hall–Kier alpha value is -1.30. The summed E-state index contributed by atoms with van der Waals surface area (Å²) in [5.41, 5.74) is -0.741. The van der Waals surface area contributed by atoms with Gasteiger partial charge in [0.2, 0.25) is 0 Å². The van der Waals surface area contributed by atoms with Gasteiger partial charge in [-0.1, -0.05) is 13.3 Å². The van der Waals surface area contributed by atoms with Crippen LogP contribution in [0.4, 0.5) is 4.79 Å². The van der Waals surface area contributed by atoms with Crippen molar-refractivity contribution in [2.45, 2.75) is 26.2 Å². The average Bonchev–Trinajstić information content (AvgIpc) is 2.24. The molecule has 2 amide bonds. The number of amides is 2. The Morgan fingerprint density at radius 2 is 2.06 bits per heavy atom. The van der Waals surface area contributed by atoms with Gasteiger partial charge in [-0.3, -0.25) is 4.79 Å². The Labute approximate surface area is 107 Å². The predicted octanol–water partition coefficient (Wildman–Crippen LogP) is 0.823. The summed E-state index contributed by atoms with van der Waals surface area (Å²) in [6, 6.07) is -0.314. The van der Waals surface area contributed by atoms with E-state index in [1.165, 1.54) is 0 Å². The van der Waals surface area contributed by atoms with Crippen LogP contribution in [-0.2, 0) is 9.53 Å². The van der Waals surface area contributed by atoms with Crippen LogP contribution in [0.1, 0.15) is 26.2 Å². The van der Waals surface area contributed by atoms with Gasteiger partial charge < -0.3 is 20.5 Å². The molecular formula is C12H22N2O4. The molecule has 0 radical (unpaired) electrons. The maximum Gasteiger partial charge on any atom is 0.314 e. The van der Waals surface area contributed by atoms with E-state index in [9.17, 15) is 9.59 Å². The number of hydrogen-bond acceptors (Lipinski definition) is 3. The van der Waals surface area contributed by atoms with Crippen molar-refractivity contribution in [3.05, 3.63) is 0 Å². The third-order valence-electron chi connectivity index (χ3n) is 3.41. The second-order valence-electron chi connectivity index (χ2n) is 5.06. The van der Waals surface area contributed by atoms with Crippen LogP contribution in [0.15, 0.2) is 0 Å². The van der Waals surface area contributed by atoms with Crippen LogP contribution in [-0.4, -0.2) is 43.9 Å². The standard InChI is InChI=1S/C12H22N2O4/c1-9(7-18-2)6-13-11(17)14-8-12(10(15)16)4-3-5-12/h9H,3-8H2,1-2H3,(H,15,16)(H2,13,14,17). The number of carboxylic acid groups (broad SMARTS) is 1. The fraction of sp³-hybridized carbons (Fsp3) is 0.833. The minimum atomic E-state index is -0.818. The SMILES string of the molecule is COCC(C)CNC(=O)NCC1(C(=O)O)CCC1. The van der Waals surface area contributed by atoms with Gasteiger partial charge >= 0.3 is 12.0 Å². The summed E-state index contributed by atoms with van der Waals surface area (Å²) in [6.07, 6.45) is 2.20. The van der Waals surface area contributed by atoms with E-state index in [2.05, 4.69) is 10.6 Å². The van der Waals surface area contributed by atoms with Gasteiger partial charge in [0, 0.05) is 20.2 Å². The minimum absolute atomic E-state index is 0.201. The number of ether oxygens (including phenoxy) is 1. The number of carbonyl (C=O) groups excluding carboxylic acids is 1. The van der Waals surface area contributed by atoms with Gasteiger partial charge in [0.25, 0.3) is 0 Å². The topological polar surface area (TPSA) is 87.7 Å². The van der Waals surface area contributed by atoms with Gasteiger partial charge in [0.05, 0.1) is 12.0 Å². The molecule has 18 heavy (non-hydrogen) atoms. The summed E-state index contributed by atoms with van der Waals surface area (Å²) in [7, 11) is 1.61. The molecule has 0 bridgehead atoms. The number of carbonyl (C=O) groups is 2. The number of hydrogen-bond donors (Lipinski definition) is 3. The Kier molecular flexibility index (Phi) is 5.40. The zero-order valence-corrected chi connectivity index (χ0v) is 11.0. The molecule has 0 aliphatic heterocycles. The summed E-state index contributed by atoms with van der Waals surface area (Å²) < 4.78 is 4.96. The van der Waals surface area contributed by atoms with Crippen molar-refractivity contribution in [1.82, 2.24) is 10.6 Å². The van der Waals surface area contributed by atoms with Crippen molar-refractivity contribution in [3.63, 3.8) is 0 Å². The lowest BCUT2D eigenvalue weighted by atomic mass is 9.69. The number of rotatable bonds is 7. The molecule has 1 rings (SSSR count). The second kappa shape index (κ2) is 6.58. The number of nitrogens with one attached hydrogen (secondary N) is 2. The van der Waals surface area contributed by atoms with E-state index >= 15 is 0 Å². The van der Waals surface area contributed by atoms with Crippen molar-refractivity contribution in [3.8, 4) is 0 Å². The Morgan fingerprint density at radius 3 is 2.50 bits per heavy atom. The zero-order valence-electron chi connectivity index (χ0n) is 11.0. The van der Waals surface area contributed by atoms with E-state index in [-0.39, 0.29) is 18.5 Å². The molecule has 0 aromatic heterocycles. The second-order valence-corrected chi connectivity index (χ2v) is 5.06. The summed E-state index contributed by atoms with van der Waals surface area (Å²) in [5.74, 6) is -0.584. The quantitative estimate of drug-likeness (QED) is 0.631. The fourth-order valence-corrected chi connectivity index (χ4v) is 1.99. The van der Waals surface area contributed by atoms with Crippen LogP contribution in [0.2, 0.25) is 0 Å². The highest BCUT2D eigenvalue weighted by atomic mass is 16.5. The van der Waals surface area contributed by atoms with Crippen LogP contribution in [0, 0.1) is 11.3 Å². The monoisotopic (exact) mass is 258 g/mol. The van der Waals surface area contributed by atoms with Crippen LogP contribution >= 0.6 is 0 Å². The number of aliphatic carboxylic acids is 1. The summed E-state index contributed by atoms with van der Waals surface area (Å²) in [4.78, 5) is 22.6. The van der Waals surface area contributed by atoms with E-state index < -0.39 is 11.4 Å². The van der Waals surface area contributed by atoms with Crippen molar-refractivity contribution in [2.75, 3.05) is 26.8 Å². The van der Waals surface area contributed by atoms with E-state index in [1.807, 2.05) is 6.92 Å². The largest absolute Gasteiger partial charge is 0.481 e. The molecule has 0 spiro atoms. The normalized spacial score (nSPS) is 18.6. The van der Waals surface area contributed by atoms with Crippen molar-refractivity contribution < 1.29 is 19.4 Å². The summed E-state index contributed by atoms with van der Waals surface area (Å²) in [5, 5.41) is 14.4. The molecule has 3 N–H and O–H groups in total. The van der Waals surface area contributed by atoms with Crippen molar-refractivity contribution >= 4 is 12.0 Å². The van der Waals surface area contributed by atoms with E-state index in [1.54, 1.807) is 7.11 Å². The van der Waals surface area contributed by atoms with Gasteiger partial charge in [0.1, 0.15) is 0 Å². The number of methoxy groups -OCH3 is 1. The first-order chi connectivity index (χ1) is 8.50. The predicted molar refractivity (Wildman–Crippen MR) is 66.4 cm³/mol. The molecule has 0 saturated heterocycles. The first-order valence-corrected chi connectivity index (χ1v) is 6.24. The van der Waals surface area contributed by atoms with Crippen LogP contribution < -0.4 is 10.6 Å². The molecule has 0 aromatic carbocycles. The highest BCUT2D eigenvalue weighted by molar-refractivity contribution is 5.78. The fourth-order valence-electron chi connectivity index (χ4n) is 1.99. The van der Waals surface area contributed by atoms with Gasteiger partial charge in [-0.05, 0) is 18.8 Å². The van der Waals surface area contributed by atoms with Crippen LogP contribution in [0.25, 0.3) is 0 Å². The third-order valence-corrected chi connectivity index (χ3v) is 3.41. The molecule has 1 atom stereocenters. The Balaban J connectivity index is 2.22. The smallest absolute Gasteiger partial charge is 0.314 e. The minimum Gasteiger partial charge on any atom is -0.481 e. The molecule has 6 heteroatoms. The summed E-state index contributed by atoms with van der Waals surface area (Å²) in [6.45, 7) is 3.26. The molecule has 1 aliphatic carbocycles. The maximum atomic E-state index is 11.5. The van der Waals surface area contributed by atoms with Crippen molar-refractivity contribution in [1.29, 1.82) is 0 Å². The van der Waals surface area contributed by atoms with Gasteiger partial charge in [-0.15, -0.1) is 0 Å². The molecule has 104 valence electrons. The van der Waals surface area contributed by atoms with Crippen molar-refractivity contribution in [2.24, 2.45) is 11.3 Å². The maximum absolute atomic E-state index is 11.5. The lowest BCUT2D eigenvalue weighted by Crippen LogP contribution is -2.50. The Morgan fingerprint density at radius 1 is 1.39 bits per heavy atom. The molecule has 1 aliphatic rings. The molecular weight excluding hydrogens is 236 g/mol. The van der Waals surface area contributed by atoms with Gasteiger partial charge in [0.15, 0.2) is 0 Å². The first kappa shape index (κ1) is 14.8. The van der Waals surface area contributed by atoms with Gasteiger partial charge in [-0.25, -0.2) is 4.79 Å². The number of urea groups is 1. The number of carboxylic acids is 1. The van der Waals surface area contributed by atoms with Gasteiger partial charge in [-0.2, -0.15) is 0 Å². The molecule has 0 aromatic rings. The van der Waals surface area contributed by atoms with Crippen LogP contribution in [0.5, 0.6) is 0 Å². The molecule has 6 nitrogen and oxygen atoms in total. The highest BCUT2D eigenvalue weighted by Crippen LogP contribution is 2.40. The highest BCUT2D eigenvalue weighted by Gasteiger charge is 2.44. The summed E-state index contributed by atoms with van der Waals surface area (Å²) >= 11 is 0. The zero-order chi connectivity index (χ0) is 13.6. The molecule has 1 fully saturated rings. The molecule has 0 heterocycles. The lowest BCUT2D eigenvalue weighted by molar-refractivity contribution is -0.153. The van der Waals surface area contributed by atoms with E-state index in [4.69, 9.17) is 9.84 Å². The van der Waals surface area contributed by atoms with E-state index in [0.717, 1.165) is 6.42 Å². The average molecular weight is 258 g/mol. The third kappa shape index (κ3) is 3.87. The van der Waals surface area contributed by atoms with E-state index in [0.29, 0.717) is 26.0 Å².